The first-order chi connectivity index (χ1) is 9.02. The van der Waals surface area contributed by atoms with Crippen molar-refractivity contribution < 1.29 is 14.7 Å². The highest BCUT2D eigenvalue weighted by Crippen LogP contribution is 2.18. The van der Waals surface area contributed by atoms with Gasteiger partial charge in [-0.1, -0.05) is 0 Å². The Kier molecular flexibility index (Phi) is 3.66. The van der Waals surface area contributed by atoms with Gasteiger partial charge in [-0.15, -0.1) is 0 Å². The van der Waals surface area contributed by atoms with E-state index in [0.717, 1.165) is 19.4 Å². The molecule has 19 heavy (non-hydrogen) atoms. The average Bonchev–Trinajstić information content (AvgIpc) is 2.90. The maximum atomic E-state index is 12.2. The number of nitrogens with zero attached hydrogens (tertiary/aromatic N) is 1. The maximum absolute atomic E-state index is 12.2. The number of likely N-dealkylation sites (N-methyl/N-ethyl adjacent to an activating group) is 1. The molecule has 0 unspecified atom stereocenters. The lowest BCUT2D eigenvalue weighted by Crippen LogP contribution is -2.42. The second-order valence-electron chi connectivity index (χ2n) is 4.42. The summed E-state index contributed by atoms with van der Waals surface area (Å²) in [6.07, 6.45) is 2.95. The molecule has 1 aliphatic heterocycles. The second kappa shape index (κ2) is 5.23. The van der Waals surface area contributed by atoms with Gasteiger partial charge in [0.15, 0.2) is 0 Å². The minimum Gasteiger partial charge on any atom is -0.477 e. The second-order valence-corrected chi connectivity index (χ2v) is 4.42. The van der Waals surface area contributed by atoms with Gasteiger partial charge in [0.05, 0.1) is 11.7 Å². The molecule has 102 valence electrons. The van der Waals surface area contributed by atoms with Gasteiger partial charge in [-0.25, -0.2) is 4.79 Å². The average molecular weight is 265 g/mol. The number of H-pyrrole nitrogens is 1. The molecule has 1 aromatic heterocycles. The highest BCUT2D eigenvalue weighted by Gasteiger charge is 2.28. The Morgan fingerprint density at radius 1 is 1.47 bits per heavy atom. The van der Waals surface area contributed by atoms with Crippen molar-refractivity contribution in [3.05, 3.63) is 28.2 Å². The van der Waals surface area contributed by atoms with Crippen molar-refractivity contribution in [2.45, 2.75) is 18.9 Å². The molecule has 0 aromatic carbocycles. The third kappa shape index (κ3) is 2.50. The Morgan fingerprint density at radius 3 is 2.79 bits per heavy atom. The van der Waals surface area contributed by atoms with Crippen LogP contribution in [0.15, 0.2) is 17.1 Å². The first kappa shape index (κ1) is 13.3. The van der Waals surface area contributed by atoms with E-state index in [0.29, 0.717) is 0 Å². The standard InChI is InChI=1S/C12H15N3O4/c1-15(11(17)7-3-2-5-13-7)8-4-6-14-10(16)9(8)12(18)19/h4,6-7,13H,2-3,5H2,1H3,(H,14,16)(H,18,19)/t7-/m0/s1. The predicted octanol–water partition coefficient (Wildman–Crippen LogP) is -0.212. The van der Waals surface area contributed by atoms with Gasteiger partial charge < -0.3 is 20.3 Å². The molecule has 3 N–H and O–H groups in total. The summed E-state index contributed by atoms with van der Waals surface area (Å²) in [6, 6.07) is 1.10. The molecule has 2 rings (SSSR count). The van der Waals surface area contributed by atoms with Crippen LogP contribution in [-0.4, -0.2) is 41.6 Å². The van der Waals surface area contributed by atoms with E-state index in [9.17, 15) is 14.4 Å². The fourth-order valence-corrected chi connectivity index (χ4v) is 2.20. The van der Waals surface area contributed by atoms with E-state index >= 15 is 0 Å². The van der Waals surface area contributed by atoms with Gasteiger partial charge in [0.1, 0.15) is 5.56 Å². The number of aromatic carboxylic acids is 1. The molecule has 0 bridgehead atoms. The number of carbonyl (C=O) groups excluding carboxylic acids is 1. The lowest BCUT2D eigenvalue weighted by atomic mass is 10.1. The van der Waals surface area contributed by atoms with Gasteiger partial charge in [0, 0.05) is 13.2 Å². The summed E-state index contributed by atoms with van der Waals surface area (Å²) in [7, 11) is 1.48. The number of hydrogen-bond acceptors (Lipinski definition) is 4. The van der Waals surface area contributed by atoms with Crippen LogP contribution in [0.2, 0.25) is 0 Å². The zero-order chi connectivity index (χ0) is 14.0. The normalized spacial score (nSPS) is 18.3. The predicted molar refractivity (Wildman–Crippen MR) is 68.5 cm³/mol. The number of rotatable bonds is 3. The van der Waals surface area contributed by atoms with E-state index in [1.165, 1.54) is 24.2 Å². The van der Waals surface area contributed by atoms with Crippen LogP contribution in [0.1, 0.15) is 23.2 Å². The number of nitrogens with one attached hydrogen (secondary N) is 2. The number of amides is 1. The lowest BCUT2D eigenvalue weighted by molar-refractivity contribution is -0.119. The van der Waals surface area contributed by atoms with Gasteiger partial charge in [0.25, 0.3) is 5.56 Å². The molecule has 1 aliphatic rings. The molecule has 1 aromatic rings. The van der Waals surface area contributed by atoms with E-state index < -0.39 is 17.1 Å². The van der Waals surface area contributed by atoms with E-state index in [2.05, 4.69) is 10.3 Å². The van der Waals surface area contributed by atoms with Crippen molar-refractivity contribution in [2.24, 2.45) is 0 Å². The van der Waals surface area contributed by atoms with Crippen LogP contribution in [0.3, 0.4) is 0 Å². The minimum absolute atomic E-state index is 0.106. The quantitative estimate of drug-likeness (QED) is 0.701. The minimum atomic E-state index is -1.35. The molecule has 0 aliphatic carbocycles. The van der Waals surface area contributed by atoms with Crippen molar-refractivity contribution in [1.29, 1.82) is 0 Å². The Labute approximate surface area is 109 Å². The summed E-state index contributed by atoms with van der Waals surface area (Å²) in [5, 5.41) is 12.1. The van der Waals surface area contributed by atoms with Crippen molar-refractivity contribution in [3.8, 4) is 0 Å². The van der Waals surface area contributed by atoms with Gasteiger partial charge in [-0.05, 0) is 25.5 Å². The number of pyridine rings is 1. The first-order valence-corrected chi connectivity index (χ1v) is 5.98. The van der Waals surface area contributed by atoms with Crippen LogP contribution in [0.25, 0.3) is 0 Å². The van der Waals surface area contributed by atoms with Crippen molar-refractivity contribution in [3.63, 3.8) is 0 Å². The molecule has 0 radical (unpaired) electrons. The van der Waals surface area contributed by atoms with E-state index in [4.69, 9.17) is 5.11 Å². The molecule has 7 heteroatoms. The van der Waals surface area contributed by atoms with E-state index in [-0.39, 0.29) is 17.6 Å². The van der Waals surface area contributed by atoms with Crippen LogP contribution in [0.4, 0.5) is 5.69 Å². The fraction of sp³-hybridized carbons (Fsp3) is 0.417. The molecule has 0 spiro atoms. The highest BCUT2D eigenvalue weighted by atomic mass is 16.4. The number of carboxylic acids is 1. The van der Waals surface area contributed by atoms with Crippen LogP contribution in [0, 0.1) is 0 Å². The lowest BCUT2D eigenvalue weighted by Gasteiger charge is -2.22. The van der Waals surface area contributed by atoms with Gasteiger partial charge in [0.2, 0.25) is 5.91 Å². The van der Waals surface area contributed by atoms with Crippen molar-refractivity contribution in [2.75, 3.05) is 18.5 Å². The topological polar surface area (TPSA) is 103 Å². The number of carboxylic acid groups (broad SMARTS) is 1. The van der Waals surface area contributed by atoms with Crippen LogP contribution >= 0.6 is 0 Å². The number of aromatic amines is 1. The zero-order valence-electron chi connectivity index (χ0n) is 10.5. The molecule has 1 atom stereocenters. The Morgan fingerprint density at radius 2 is 2.21 bits per heavy atom. The van der Waals surface area contributed by atoms with E-state index in [1.807, 2.05) is 0 Å². The molecular weight excluding hydrogens is 250 g/mol. The van der Waals surface area contributed by atoms with Gasteiger partial charge in [-0.2, -0.15) is 0 Å². The number of anilines is 1. The van der Waals surface area contributed by atoms with Gasteiger partial charge >= 0.3 is 5.97 Å². The molecular formula is C12H15N3O4. The Bertz CT molecular complexity index is 560. The summed E-state index contributed by atoms with van der Waals surface area (Å²) in [5.41, 5.74) is -1.03. The SMILES string of the molecule is CN(C(=O)[C@@H]1CCCN1)c1cc[nH]c(=O)c1C(=O)O. The van der Waals surface area contributed by atoms with Gasteiger partial charge in [-0.3, -0.25) is 9.59 Å². The zero-order valence-corrected chi connectivity index (χ0v) is 10.5. The summed E-state index contributed by atoms with van der Waals surface area (Å²) < 4.78 is 0. The summed E-state index contributed by atoms with van der Waals surface area (Å²) >= 11 is 0. The molecule has 0 saturated carbocycles. The monoisotopic (exact) mass is 265 g/mol. The highest BCUT2D eigenvalue weighted by molar-refractivity contribution is 6.03. The van der Waals surface area contributed by atoms with Crippen LogP contribution < -0.4 is 15.8 Å². The molecule has 1 fully saturated rings. The maximum Gasteiger partial charge on any atom is 0.343 e. The summed E-state index contributed by atoms with van der Waals surface area (Å²) in [5.74, 6) is -1.58. The van der Waals surface area contributed by atoms with Crippen LogP contribution in [0.5, 0.6) is 0 Å². The summed E-state index contributed by atoms with van der Waals surface area (Å²) in [6.45, 7) is 0.769. The fourth-order valence-electron chi connectivity index (χ4n) is 2.20. The number of carbonyl (C=O) groups is 2. The molecule has 7 nitrogen and oxygen atoms in total. The summed E-state index contributed by atoms with van der Waals surface area (Å²) in [4.78, 5) is 38.4. The Hall–Kier alpha value is -2.15. The first-order valence-electron chi connectivity index (χ1n) is 5.98. The third-order valence-electron chi connectivity index (χ3n) is 3.20. The molecule has 1 amide bonds. The van der Waals surface area contributed by atoms with Crippen molar-refractivity contribution >= 4 is 17.6 Å². The molecule has 1 saturated heterocycles. The van der Waals surface area contributed by atoms with Crippen molar-refractivity contribution in [1.82, 2.24) is 10.3 Å². The molecule has 2 heterocycles. The van der Waals surface area contributed by atoms with E-state index in [1.54, 1.807) is 0 Å². The smallest absolute Gasteiger partial charge is 0.343 e. The van der Waals surface area contributed by atoms with Crippen LogP contribution in [-0.2, 0) is 4.79 Å². The number of aromatic nitrogens is 1. The number of hydrogen-bond donors (Lipinski definition) is 3. The Balaban J connectivity index is 2.35. The third-order valence-corrected chi connectivity index (χ3v) is 3.20. The largest absolute Gasteiger partial charge is 0.477 e.